The fourth-order valence-corrected chi connectivity index (χ4v) is 6.30. The number of nitrogens with zero attached hydrogens (tertiary/aromatic N) is 2. The van der Waals surface area contributed by atoms with Crippen molar-refractivity contribution in [2.75, 3.05) is 23.8 Å². The molecule has 7 nitrogen and oxygen atoms in total. The molecule has 1 aliphatic heterocycles. The fraction of sp³-hybridized carbons (Fsp3) is 0.233. The molecule has 1 N–H and O–H groups in total. The minimum atomic E-state index is -4.03. The van der Waals surface area contributed by atoms with Crippen LogP contribution in [0.5, 0.6) is 5.75 Å². The van der Waals surface area contributed by atoms with Crippen molar-refractivity contribution in [1.82, 2.24) is 0 Å². The minimum Gasteiger partial charge on any atom is -0.493 e. The van der Waals surface area contributed by atoms with E-state index in [9.17, 15) is 13.0 Å². The molecule has 0 spiro atoms. The monoisotopic (exact) mass is 563 g/mol. The largest absolute Gasteiger partial charge is 0.493 e. The summed E-state index contributed by atoms with van der Waals surface area (Å²) in [4.78, 5) is 2.12. The van der Waals surface area contributed by atoms with E-state index in [2.05, 4.69) is 40.7 Å². The summed E-state index contributed by atoms with van der Waals surface area (Å²) in [6.07, 6.45) is 4.16. The van der Waals surface area contributed by atoms with Gasteiger partial charge in [-0.05, 0) is 43.2 Å². The molecule has 0 amide bonds. The van der Waals surface area contributed by atoms with E-state index in [1.165, 1.54) is 0 Å². The molecule has 0 saturated carbocycles. The molecule has 0 aliphatic carbocycles. The summed E-state index contributed by atoms with van der Waals surface area (Å²) < 4.78 is 47.3. The third-order valence-corrected chi connectivity index (χ3v) is 8.33. The lowest BCUT2D eigenvalue weighted by Crippen LogP contribution is -2.36. The van der Waals surface area contributed by atoms with Crippen LogP contribution >= 0.6 is 11.3 Å². The summed E-state index contributed by atoms with van der Waals surface area (Å²) >= 11 is 1.60. The second-order valence-corrected chi connectivity index (χ2v) is 11.7. The molecule has 4 aromatic rings. The number of benzene rings is 3. The van der Waals surface area contributed by atoms with Gasteiger partial charge in [-0.25, -0.2) is 0 Å². The molecule has 0 atom stereocenters. The SMILES string of the molecule is CCOC(=C\c1sc2ccccc2[n+]1CCCS(=O)(=O)O)/C=C1\Oc2ccc(-c3ccccc3)cc2N1CC. The van der Waals surface area contributed by atoms with Crippen LogP contribution in [-0.4, -0.2) is 31.9 Å². The Morgan fingerprint density at radius 2 is 1.82 bits per heavy atom. The van der Waals surface area contributed by atoms with Crippen molar-refractivity contribution < 1.29 is 27.0 Å². The second-order valence-electron chi connectivity index (χ2n) is 9.06. The maximum absolute atomic E-state index is 11.3. The highest BCUT2D eigenvalue weighted by atomic mass is 32.2. The predicted molar refractivity (Wildman–Crippen MR) is 156 cm³/mol. The summed E-state index contributed by atoms with van der Waals surface area (Å²) in [5.74, 6) is 1.81. The maximum atomic E-state index is 11.3. The number of rotatable bonds is 10. The Bertz CT molecular complexity index is 1640. The van der Waals surface area contributed by atoms with Crippen LogP contribution in [0.15, 0.2) is 90.5 Å². The van der Waals surface area contributed by atoms with Gasteiger partial charge in [-0.1, -0.05) is 59.9 Å². The van der Waals surface area contributed by atoms with E-state index in [1.54, 1.807) is 11.3 Å². The van der Waals surface area contributed by atoms with Crippen LogP contribution in [0, 0.1) is 0 Å². The summed E-state index contributed by atoms with van der Waals surface area (Å²) in [5, 5.41) is 0.914. The van der Waals surface area contributed by atoms with Gasteiger partial charge in [-0.3, -0.25) is 4.55 Å². The Kier molecular flexibility index (Phi) is 8.02. The molecule has 0 saturated heterocycles. The highest BCUT2D eigenvalue weighted by molar-refractivity contribution is 7.85. The molecule has 202 valence electrons. The number of anilines is 1. The van der Waals surface area contributed by atoms with Gasteiger partial charge in [-0.15, -0.1) is 0 Å². The van der Waals surface area contributed by atoms with E-state index in [1.807, 2.05) is 67.6 Å². The summed E-state index contributed by atoms with van der Waals surface area (Å²) in [6, 6.07) is 24.5. The molecule has 0 unspecified atom stereocenters. The Labute approximate surface area is 233 Å². The fourth-order valence-electron chi connectivity index (χ4n) is 4.68. The van der Waals surface area contributed by atoms with Gasteiger partial charge < -0.3 is 14.4 Å². The Hall–Kier alpha value is -3.66. The normalized spacial score (nSPS) is 14.6. The van der Waals surface area contributed by atoms with Crippen molar-refractivity contribution in [3.05, 3.63) is 95.5 Å². The predicted octanol–water partition coefficient (Wildman–Crippen LogP) is 6.27. The molecule has 5 rings (SSSR count). The first-order valence-electron chi connectivity index (χ1n) is 12.9. The lowest BCUT2D eigenvalue weighted by molar-refractivity contribution is -0.668. The number of aromatic nitrogens is 1. The molecule has 9 heteroatoms. The van der Waals surface area contributed by atoms with E-state index in [4.69, 9.17) is 9.47 Å². The quantitative estimate of drug-likeness (QED) is 0.139. The van der Waals surface area contributed by atoms with Crippen molar-refractivity contribution >= 4 is 43.4 Å². The summed E-state index contributed by atoms with van der Waals surface area (Å²) in [5.41, 5.74) is 4.27. The number of aryl methyl sites for hydroxylation is 1. The van der Waals surface area contributed by atoms with Crippen molar-refractivity contribution in [2.45, 2.75) is 26.8 Å². The third-order valence-electron chi connectivity index (χ3n) is 6.42. The zero-order valence-corrected chi connectivity index (χ0v) is 23.5. The van der Waals surface area contributed by atoms with Crippen LogP contribution in [0.2, 0.25) is 0 Å². The standard InChI is InChI=1S/C30H30N2O5S2/c1-3-31-26-19-23(22-11-6-5-7-12-22)15-16-27(26)37-29(31)20-24(36-4-2)21-30-32(17-10-18-39(33,34)35)25-13-8-9-14-28(25)38-30/h5-9,11-16,19-21H,3-4,10,17-18H2,1-2H3/p+1. The third kappa shape index (κ3) is 6.16. The topological polar surface area (TPSA) is 80.0 Å². The van der Waals surface area contributed by atoms with Crippen molar-refractivity contribution in [2.24, 2.45) is 0 Å². The Balaban J connectivity index is 1.50. The molecule has 39 heavy (non-hydrogen) atoms. The van der Waals surface area contributed by atoms with E-state index >= 15 is 0 Å². The van der Waals surface area contributed by atoms with Gasteiger partial charge in [0.25, 0.3) is 15.1 Å². The van der Waals surface area contributed by atoms with Crippen LogP contribution in [-0.2, 0) is 21.4 Å². The maximum Gasteiger partial charge on any atom is 0.266 e. The van der Waals surface area contributed by atoms with Crippen LogP contribution < -0.4 is 14.2 Å². The van der Waals surface area contributed by atoms with Gasteiger partial charge in [-0.2, -0.15) is 13.0 Å². The average Bonchev–Trinajstić information content (AvgIpc) is 3.45. The van der Waals surface area contributed by atoms with E-state index < -0.39 is 10.1 Å². The van der Waals surface area contributed by atoms with Gasteiger partial charge in [0.15, 0.2) is 12.3 Å². The zero-order chi connectivity index (χ0) is 27.4. The van der Waals surface area contributed by atoms with E-state index in [0.29, 0.717) is 31.2 Å². The number of ether oxygens (including phenoxy) is 2. The lowest BCUT2D eigenvalue weighted by atomic mass is 10.0. The highest BCUT2D eigenvalue weighted by Gasteiger charge is 2.27. The van der Waals surface area contributed by atoms with Gasteiger partial charge >= 0.3 is 0 Å². The smallest absolute Gasteiger partial charge is 0.266 e. The molecule has 1 aliphatic rings. The summed E-state index contributed by atoms with van der Waals surface area (Å²) in [7, 11) is -4.03. The molecule has 0 bridgehead atoms. The van der Waals surface area contributed by atoms with E-state index in [-0.39, 0.29) is 5.75 Å². The molecule has 3 aromatic carbocycles. The molecular formula is C30H31N2O5S2+. The Morgan fingerprint density at radius 1 is 1.05 bits per heavy atom. The summed E-state index contributed by atoms with van der Waals surface area (Å²) in [6.45, 7) is 5.65. The average molecular weight is 564 g/mol. The van der Waals surface area contributed by atoms with Crippen molar-refractivity contribution in [3.8, 4) is 16.9 Å². The van der Waals surface area contributed by atoms with Crippen LogP contribution in [0.25, 0.3) is 27.4 Å². The highest BCUT2D eigenvalue weighted by Crippen LogP contribution is 2.41. The van der Waals surface area contributed by atoms with Gasteiger partial charge in [0, 0.05) is 25.1 Å². The Morgan fingerprint density at radius 3 is 2.56 bits per heavy atom. The van der Waals surface area contributed by atoms with Crippen LogP contribution in [0.1, 0.15) is 25.3 Å². The number of allylic oxidation sites excluding steroid dienone is 1. The number of hydrogen-bond acceptors (Lipinski definition) is 6. The first-order chi connectivity index (χ1) is 18.9. The minimum absolute atomic E-state index is 0.293. The van der Waals surface area contributed by atoms with Crippen molar-refractivity contribution in [1.29, 1.82) is 0 Å². The molecule has 2 heterocycles. The van der Waals surface area contributed by atoms with E-state index in [0.717, 1.165) is 44.3 Å². The second kappa shape index (κ2) is 11.6. The lowest BCUT2D eigenvalue weighted by Gasteiger charge is -2.16. The first kappa shape index (κ1) is 26.9. The van der Waals surface area contributed by atoms with Crippen LogP contribution in [0.4, 0.5) is 5.69 Å². The number of fused-ring (bicyclic) bond motifs is 2. The van der Waals surface area contributed by atoms with Crippen LogP contribution in [0.3, 0.4) is 0 Å². The van der Waals surface area contributed by atoms with Gasteiger partial charge in [0.05, 0.1) is 24.1 Å². The van der Waals surface area contributed by atoms with Gasteiger partial charge in [0.2, 0.25) is 11.4 Å². The number of thiazole rings is 1. The number of para-hydroxylation sites is 1. The van der Waals surface area contributed by atoms with Crippen molar-refractivity contribution in [3.63, 3.8) is 0 Å². The molecule has 0 radical (unpaired) electrons. The molecular weight excluding hydrogens is 532 g/mol. The zero-order valence-electron chi connectivity index (χ0n) is 21.9. The number of hydrogen-bond donors (Lipinski definition) is 1. The molecule has 0 fully saturated rings. The molecule has 1 aromatic heterocycles. The first-order valence-corrected chi connectivity index (χ1v) is 15.4. The van der Waals surface area contributed by atoms with Gasteiger partial charge in [0.1, 0.15) is 10.5 Å².